The number of hydrogen-bond acceptors (Lipinski definition) is 1. The van der Waals surface area contributed by atoms with Crippen LogP contribution in [0.5, 0.6) is 0 Å². The van der Waals surface area contributed by atoms with Crippen LogP contribution in [-0.4, -0.2) is 19.5 Å². The second kappa shape index (κ2) is 7.92. The van der Waals surface area contributed by atoms with Crippen LogP contribution in [0.1, 0.15) is 32.6 Å². The van der Waals surface area contributed by atoms with Crippen molar-refractivity contribution < 1.29 is 8.78 Å². The van der Waals surface area contributed by atoms with Gasteiger partial charge in [-0.1, -0.05) is 13.3 Å². The summed E-state index contributed by atoms with van der Waals surface area (Å²) in [7, 11) is 0. The van der Waals surface area contributed by atoms with Gasteiger partial charge in [0.2, 0.25) is 6.43 Å². The molecule has 0 aliphatic rings. The molecule has 0 fully saturated rings. The molecule has 0 bridgehead atoms. The smallest absolute Gasteiger partial charge is 0.238 e. The summed E-state index contributed by atoms with van der Waals surface area (Å²) < 4.78 is 23.2. The van der Waals surface area contributed by atoms with Crippen molar-refractivity contribution in [3.8, 4) is 0 Å². The molecule has 0 amide bonds. The molecular formula is C8H17F2N. The van der Waals surface area contributed by atoms with E-state index in [1.165, 1.54) is 0 Å². The van der Waals surface area contributed by atoms with Crippen LogP contribution in [0, 0.1) is 0 Å². The Balaban J connectivity index is 2.80. The van der Waals surface area contributed by atoms with E-state index in [0.29, 0.717) is 6.42 Å². The number of halogens is 2. The summed E-state index contributed by atoms with van der Waals surface area (Å²) in [6.45, 7) is 3.80. The molecule has 3 heteroatoms. The Morgan fingerprint density at radius 2 is 1.82 bits per heavy atom. The highest BCUT2D eigenvalue weighted by atomic mass is 19.3. The highest BCUT2D eigenvalue weighted by Crippen LogP contribution is 2.00. The largest absolute Gasteiger partial charge is 0.317 e. The molecule has 0 rings (SSSR count). The Hall–Kier alpha value is -0.180. The molecule has 0 aliphatic heterocycles. The average molecular weight is 165 g/mol. The van der Waals surface area contributed by atoms with E-state index in [2.05, 4.69) is 12.2 Å². The first kappa shape index (κ1) is 10.8. The summed E-state index contributed by atoms with van der Waals surface area (Å²) in [6.07, 6.45) is 0.764. The lowest BCUT2D eigenvalue weighted by atomic mass is 10.3. The van der Waals surface area contributed by atoms with Crippen molar-refractivity contribution >= 4 is 0 Å². The topological polar surface area (TPSA) is 12.0 Å². The van der Waals surface area contributed by atoms with Crippen molar-refractivity contribution in [2.24, 2.45) is 0 Å². The number of nitrogens with one attached hydrogen (secondary N) is 1. The van der Waals surface area contributed by atoms with Gasteiger partial charge in [0.25, 0.3) is 0 Å². The van der Waals surface area contributed by atoms with Crippen LogP contribution in [0.2, 0.25) is 0 Å². The van der Waals surface area contributed by atoms with Gasteiger partial charge < -0.3 is 5.32 Å². The van der Waals surface area contributed by atoms with E-state index >= 15 is 0 Å². The Kier molecular flexibility index (Phi) is 7.79. The van der Waals surface area contributed by atoms with Crippen molar-refractivity contribution in [2.45, 2.75) is 39.0 Å². The molecule has 0 aliphatic carbocycles. The molecule has 0 heterocycles. The van der Waals surface area contributed by atoms with E-state index in [4.69, 9.17) is 0 Å². The van der Waals surface area contributed by atoms with E-state index in [1.54, 1.807) is 0 Å². The van der Waals surface area contributed by atoms with Crippen LogP contribution in [0.3, 0.4) is 0 Å². The Bertz CT molecular complexity index is 76.5. The van der Waals surface area contributed by atoms with E-state index in [-0.39, 0.29) is 6.42 Å². The molecule has 0 atom stereocenters. The van der Waals surface area contributed by atoms with Gasteiger partial charge in [-0.15, -0.1) is 0 Å². The maximum absolute atomic E-state index is 11.6. The van der Waals surface area contributed by atoms with Crippen LogP contribution >= 0.6 is 0 Å². The minimum Gasteiger partial charge on any atom is -0.317 e. The first-order valence-corrected chi connectivity index (χ1v) is 4.26. The molecule has 1 N–H and O–H groups in total. The van der Waals surface area contributed by atoms with E-state index < -0.39 is 6.43 Å². The highest BCUT2D eigenvalue weighted by Gasteiger charge is 1.99. The molecule has 0 saturated carbocycles. The van der Waals surface area contributed by atoms with Crippen LogP contribution < -0.4 is 5.32 Å². The second-order valence-corrected chi connectivity index (χ2v) is 2.64. The minimum atomic E-state index is -2.14. The molecule has 0 aromatic carbocycles. The summed E-state index contributed by atoms with van der Waals surface area (Å²) in [5, 5.41) is 3.11. The van der Waals surface area contributed by atoms with Crippen molar-refractivity contribution in [2.75, 3.05) is 13.1 Å². The maximum Gasteiger partial charge on any atom is 0.238 e. The lowest BCUT2D eigenvalue weighted by molar-refractivity contribution is 0.135. The Labute approximate surface area is 67.2 Å². The third kappa shape index (κ3) is 9.82. The predicted molar refractivity (Wildman–Crippen MR) is 43.0 cm³/mol. The van der Waals surface area contributed by atoms with Gasteiger partial charge in [0.05, 0.1) is 0 Å². The van der Waals surface area contributed by atoms with Gasteiger partial charge in [-0.2, -0.15) is 0 Å². The van der Waals surface area contributed by atoms with Crippen LogP contribution in [0.4, 0.5) is 8.78 Å². The van der Waals surface area contributed by atoms with Gasteiger partial charge in [0, 0.05) is 6.42 Å². The Morgan fingerprint density at radius 1 is 1.18 bits per heavy atom. The third-order valence-electron chi connectivity index (χ3n) is 1.48. The van der Waals surface area contributed by atoms with Crippen LogP contribution in [0.15, 0.2) is 0 Å². The first-order chi connectivity index (χ1) is 5.27. The molecule has 11 heavy (non-hydrogen) atoms. The Morgan fingerprint density at radius 3 is 2.36 bits per heavy atom. The molecule has 0 aromatic heterocycles. The summed E-state index contributed by atoms with van der Waals surface area (Å²) in [5.74, 6) is 0. The lowest BCUT2D eigenvalue weighted by Gasteiger charge is -2.02. The van der Waals surface area contributed by atoms with E-state index in [1.807, 2.05) is 0 Å². The molecule has 0 unspecified atom stereocenters. The molecule has 0 spiro atoms. The molecular weight excluding hydrogens is 148 g/mol. The van der Waals surface area contributed by atoms with E-state index in [0.717, 1.165) is 25.9 Å². The zero-order valence-corrected chi connectivity index (χ0v) is 7.08. The molecule has 0 aromatic rings. The SMILES string of the molecule is CCCCNCCCC(F)F. The first-order valence-electron chi connectivity index (χ1n) is 4.26. The molecule has 68 valence electrons. The highest BCUT2D eigenvalue weighted by molar-refractivity contribution is 4.48. The molecule has 0 radical (unpaired) electrons. The number of rotatable bonds is 7. The standard InChI is InChI=1S/C8H17F2N/c1-2-3-6-11-7-4-5-8(9)10/h8,11H,2-7H2,1H3. The fourth-order valence-corrected chi connectivity index (χ4v) is 0.808. The van der Waals surface area contributed by atoms with Crippen molar-refractivity contribution in [3.63, 3.8) is 0 Å². The number of alkyl halides is 2. The van der Waals surface area contributed by atoms with Gasteiger partial charge in [-0.05, 0) is 25.9 Å². The monoisotopic (exact) mass is 165 g/mol. The zero-order chi connectivity index (χ0) is 8.53. The van der Waals surface area contributed by atoms with Crippen molar-refractivity contribution in [3.05, 3.63) is 0 Å². The third-order valence-corrected chi connectivity index (χ3v) is 1.48. The number of unbranched alkanes of at least 4 members (excludes halogenated alkanes) is 1. The van der Waals surface area contributed by atoms with Gasteiger partial charge in [0.1, 0.15) is 0 Å². The molecule has 1 nitrogen and oxygen atoms in total. The van der Waals surface area contributed by atoms with Crippen LogP contribution in [-0.2, 0) is 0 Å². The second-order valence-electron chi connectivity index (χ2n) is 2.64. The zero-order valence-electron chi connectivity index (χ0n) is 7.08. The quantitative estimate of drug-likeness (QED) is 0.571. The fourth-order valence-electron chi connectivity index (χ4n) is 0.808. The number of hydrogen-bond donors (Lipinski definition) is 1. The van der Waals surface area contributed by atoms with E-state index in [9.17, 15) is 8.78 Å². The van der Waals surface area contributed by atoms with Gasteiger partial charge in [-0.3, -0.25) is 0 Å². The normalized spacial score (nSPS) is 10.9. The fraction of sp³-hybridized carbons (Fsp3) is 1.00. The summed E-state index contributed by atoms with van der Waals surface area (Å²) >= 11 is 0. The molecule has 0 saturated heterocycles. The van der Waals surface area contributed by atoms with Crippen molar-refractivity contribution in [1.29, 1.82) is 0 Å². The van der Waals surface area contributed by atoms with Gasteiger partial charge in [0.15, 0.2) is 0 Å². The lowest BCUT2D eigenvalue weighted by Crippen LogP contribution is -2.16. The average Bonchev–Trinajstić information content (AvgIpc) is 1.96. The maximum atomic E-state index is 11.6. The summed E-state index contributed by atoms with van der Waals surface area (Å²) in [4.78, 5) is 0. The summed E-state index contributed by atoms with van der Waals surface area (Å²) in [5.41, 5.74) is 0. The predicted octanol–water partition coefficient (Wildman–Crippen LogP) is 2.42. The van der Waals surface area contributed by atoms with Crippen molar-refractivity contribution in [1.82, 2.24) is 5.32 Å². The van der Waals surface area contributed by atoms with Gasteiger partial charge in [-0.25, -0.2) is 8.78 Å². The van der Waals surface area contributed by atoms with Gasteiger partial charge >= 0.3 is 0 Å². The van der Waals surface area contributed by atoms with Crippen LogP contribution in [0.25, 0.3) is 0 Å². The minimum absolute atomic E-state index is 0.0269. The summed E-state index contributed by atoms with van der Waals surface area (Å²) in [6, 6.07) is 0.